The molecule has 0 amide bonds. The highest BCUT2D eigenvalue weighted by Crippen LogP contribution is 2.28. The Kier molecular flexibility index (Phi) is 5.31. The lowest BCUT2D eigenvalue weighted by molar-refractivity contribution is 0.134. The number of nitrogens with zero attached hydrogens (tertiary/aromatic N) is 1. The molecule has 25 heavy (non-hydrogen) atoms. The van der Waals surface area contributed by atoms with E-state index in [0.717, 1.165) is 11.3 Å². The van der Waals surface area contributed by atoms with Crippen LogP contribution in [-0.4, -0.2) is 31.9 Å². The number of thiophene rings is 1. The number of piperidine rings is 1. The molecule has 0 saturated carbocycles. The van der Waals surface area contributed by atoms with E-state index in [1.165, 1.54) is 21.7 Å². The van der Waals surface area contributed by atoms with Gasteiger partial charge >= 0.3 is 5.63 Å². The topological polar surface area (TPSA) is 76.8 Å². The highest BCUT2D eigenvalue weighted by Gasteiger charge is 2.31. The first-order chi connectivity index (χ1) is 11.9. The van der Waals surface area contributed by atoms with E-state index in [-0.39, 0.29) is 6.10 Å². The number of aryl methyl sites for hydroxylation is 2. The minimum Gasteiger partial charge on any atom is -0.490 e. The van der Waals surface area contributed by atoms with Crippen LogP contribution in [0, 0.1) is 6.92 Å². The minimum atomic E-state index is -3.43. The van der Waals surface area contributed by atoms with E-state index in [4.69, 9.17) is 9.15 Å². The highest BCUT2D eigenvalue weighted by molar-refractivity contribution is 7.91. The van der Waals surface area contributed by atoms with Gasteiger partial charge in [0.05, 0.1) is 6.07 Å². The SMILES string of the molecule is CCc1ccc(S(=O)(=O)N2CCC(Oc3cc(C)oc(=O)c3)CC2)s1. The Morgan fingerprint density at radius 1 is 1.28 bits per heavy atom. The van der Waals surface area contributed by atoms with Crippen molar-refractivity contribution in [3.05, 3.63) is 45.3 Å². The fourth-order valence-electron chi connectivity index (χ4n) is 2.84. The molecule has 3 heterocycles. The van der Waals surface area contributed by atoms with Gasteiger partial charge in [0, 0.05) is 24.0 Å². The third-order valence-electron chi connectivity index (χ3n) is 4.15. The zero-order valence-electron chi connectivity index (χ0n) is 14.2. The molecule has 1 saturated heterocycles. The number of ether oxygens (including phenoxy) is 1. The van der Waals surface area contributed by atoms with Crippen molar-refractivity contribution in [2.75, 3.05) is 13.1 Å². The standard InChI is InChI=1S/C17H21NO5S2/c1-3-15-4-5-17(24-15)25(20,21)18-8-6-13(7-9-18)23-14-10-12(2)22-16(19)11-14/h4-5,10-11,13H,3,6-9H2,1-2H3. The van der Waals surface area contributed by atoms with Crippen molar-refractivity contribution in [1.29, 1.82) is 0 Å². The van der Waals surface area contributed by atoms with Crippen LogP contribution in [0.3, 0.4) is 0 Å². The third-order valence-corrected chi connectivity index (χ3v) is 7.75. The van der Waals surface area contributed by atoms with Crippen molar-refractivity contribution >= 4 is 21.4 Å². The summed E-state index contributed by atoms with van der Waals surface area (Å²) >= 11 is 1.33. The summed E-state index contributed by atoms with van der Waals surface area (Å²) in [5, 5.41) is 0. The molecule has 0 aliphatic carbocycles. The first kappa shape index (κ1) is 18.2. The molecule has 0 atom stereocenters. The maximum Gasteiger partial charge on any atom is 0.339 e. The van der Waals surface area contributed by atoms with Gasteiger partial charge in [0.15, 0.2) is 0 Å². The molecule has 0 spiro atoms. The van der Waals surface area contributed by atoms with Gasteiger partial charge in [-0.3, -0.25) is 0 Å². The lowest BCUT2D eigenvalue weighted by Crippen LogP contribution is -2.41. The summed E-state index contributed by atoms with van der Waals surface area (Å²) < 4.78 is 38.1. The molecule has 0 aromatic carbocycles. The van der Waals surface area contributed by atoms with Gasteiger partial charge in [0.2, 0.25) is 0 Å². The van der Waals surface area contributed by atoms with Gasteiger partial charge in [0.1, 0.15) is 21.8 Å². The van der Waals surface area contributed by atoms with E-state index in [1.54, 1.807) is 19.1 Å². The largest absolute Gasteiger partial charge is 0.490 e. The zero-order chi connectivity index (χ0) is 18.0. The van der Waals surface area contributed by atoms with Crippen molar-refractivity contribution in [1.82, 2.24) is 4.31 Å². The van der Waals surface area contributed by atoms with Gasteiger partial charge in [-0.15, -0.1) is 11.3 Å². The second-order valence-corrected chi connectivity index (χ2v) is 9.35. The molecule has 2 aromatic rings. The number of sulfonamides is 1. The summed E-state index contributed by atoms with van der Waals surface area (Å²) in [7, 11) is -3.43. The smallest absolute Gasteiger partial charge is 0.339 e. The Balaban J connectivity index is 1.64. The summed E-state index contributed by atoms with van der Waals surface area (Å²) in [5.74, 6) is 0.966. The van der Waals surface area contributed by atoms with Crippen molar-refractivity contribution in [2.24, 2.45) is 0 Å². The predicted molar refractivity (Wildman–Crippen MR) is 95.8 cm³/mol. The molecule has 3 rings (SSSR count). The van der Waals surface area contributed by atoms with Crippen molar-refractivity contribution in [3.63, 3.8) is 0 Å². The van der Waals surface area contributed by atoms with E-state index >= 15 is 0 Å². The first-order valence-electron chi connectivity index (χ1n) is 8.26. The Morgan fingerprint density at radius 3 is 2.60 bits per heavy atom. The van der Waals surface area contributed by atoms with Crippen LogP contribution in [0.25, 0.3) is 0 Å². The lowest BCUT2D eigenvalue weighted by atomic mass is 10.1. The Hall–Kier alpha value is -1.64. The van der Waals surface area contributed by atoms with E-state index in [9.17, 15) is 13.2 Å². The van der Waals surface area contributed by atoms with Gasteiger partial charge in [-0.05, 0) is 38.3 Å². The Labute approximate surface area is 151 Å². The summed E-state index contributed by atoms with van der Waals surface area (Å²) in [4.78, 5) is 12.5. The third kappa shape index (κ3) is 4.13. The van der Waals surface area contributed by atoms with Crippen LogP contribution < -0.4 is 10.4 Å². The lowest BCUT2D eigenvalue weighted by Gasteiger charge is -2.31. The summed E-state index contributed by atoms with van der Waals surface area (Å²) in [6.07, 6.45) is 1.90. The van der Waals surface area contributed by atoms with Crippen LogP contribution in [0.5, 0.6) is 5.75 Å². The predicted octanol–water partition coefficient (Wildman–Crippen LogP) is 2.80. The number of rotatable bonds is 5. The van der Waals surface area contributed by atoms with Crippen LogP contribution >= 0.6 is 11.3 Å². The molecule has 136 valence electrons. The normalized spacial score (nSPS) is 16.9. The van der Waals surface area contributed by atoms with Crippen molar-refractivity contribution in [3.8, 4) is 5.75 Å². The number of hydrogen-bond donors (Lipinski definition) is 0. The summed E-state index contributed by atoms with van der Waals surface area (Å²) in [6, 6.07) is 6.54. The Bertz CT molecular complexity index is 892. The second kappa shape index (κ2) is 7.31. The van der Waals surface area contributed by atoms with E-state index in [0.29, 0.717) is 41.7 Å². The molecule has 0 radical (unpaired) electrons. The molecule has 1 aliphatic rings. The van der Waals surface area contributed by atoms with Crippen LogP contribution in [0.2, 0.25) is 0 Å². The average molecular weight is 383 g/mol. The van der Waals surface area contributed by atoms with Crippen LogP contribution in [0.1, 0.15) is 30.4 Å². The van der Waals surface area contributed by atoms with Crippen LogP contribution in [0.4, 0.5) is 0 Å². The maximum absolute atomic E-state index is 12.7. The van der Waals surface area contributed by atoms with E-state index < -0.39 is 15.6 Å². The van der Waals surface area contributed by atoms with Gasteiger partial charge < -0.3 is 9.15 Å². The minimum absolute atomic E-state index is 0.109. The summed E-state index contributed by atoms with van der Waals surface area (Å²) in [6.45, 7) is 4.52. The zero-order valence-corrected chi connectivity index (χ0v) is 15.9. The van der Waals surface area contributed by atoms with Gasteiger partial charge in [-0.1, -0.05) is 6.92 Å². The molecule has 6 nitrogen and oxygen atoms in total. The molecular formula is C17H21NO5S2. The molecule has 8 heteroatoms. The average Bonchev–Trinajstić information content (AvgIpc) is 3.04. The second-order valence-electron chi connectivity index (χ2n) is 6.02. The van der Waals surface area contributed by atoms with E-state index in [2.05, 4.69) is 0 Å². The van der Waals surface area contributed by atoms with Gasteiger partial charge in [-0.25, -0.2) is 13.2 Å². The molecular weight excluding hydrogens is 362 g/mol. The first-order valence-corrected chi connectivity index (χ1v) is 10.5. The molecule has 1 fully saturated rings. The number of hydrogen-bond acceptors (Lipinski definition) is 6. The Morgan fingerprint density at radius 2 is 2.00 bits per heavy atom. The van der Waals surface area contributed by atoms with Crippen molar-refractivity contribution < 1.29 is 17.6 Å². The van der Waals surface area contributed by atoms with Crippen LogP contribution in [0.15, 0.2) is 37.7 Å². The van der Waals surface area contributed by atoms with Crippen LogP contribution in [-0.2, 0) is 16.4 Å². The van der Waals surface area contributed by atoms with E-state index in [1.807, 2.05) is 13.0 Å². The molecule has 0 N–H and O–H groups in total. The molecule has 0 bridgehead atoms. The van der Waals surface area contributed by atoms with Crippen molar-refractivity contribution in [2.45, 2.75) is 43.4 Å². The molecule has 2 aromatic heterocycles. The van der Waals surface area contributed by atoms with Gasteiger partial charge in [-0.2, -0.15) is 4.31 Å². The summed E-state index contributed by atoms with van der Waals surface area (Å²) in [5.41, 5.74) is -0.445. The quantitative estimate of drug-likeness (QED) is 0.793. The van der Waals surface area contributed by atoms with Gasteiger partial charge in [0.25, 0.3) is 10.0 Å². The fraction of sp³-hybridized carbons (Fsp3) is 0.471. The maximum atomic E-state index is 12.7. The molecule has 0 unspecified atom stereocenters. The monoisotopic (exact) mass is 383 g/mol. The highest BCUT2D eigenvalue weighted by atomic mass is 32.2. The fourth-order valence-corrected chi connectivity index (χ4v) is 5.76. The molecule has 1 aliphatic heterocycles.